The zero-order valence-electron chi connectivity index (χ0n) is 12.7. The van der Waals surface area contributed by atoms with Crippen molar-refractivity contribution in [3.63, 3.8) is 0 Å². The number of nitrogens with zero attached hydrogens (tertiary/aromatic N) is 3. The van der Waals surface area contributed by atoms with Crippen molar-refractivity contribution in [3.8, 4) is 11.3 Å². The number of aromatic nitrogens is 3. The summed E-state index contributed by atoms with van der Waals surface area (Å²) >= 11 is 5.89. The first kappa shape index (κ1) is 15.2. The molecule has 1 amide bonds. The molecule has 3 rings (SSSR count). The lowest BCUT2D eigenvalue weighted by Crippen LogP contribution is -2.17. The Labute approximate surface area is 138 Å². The Bertz CT molecular complexity index is 855. The van der Waals surface area contributed by atoms with Crippen LogP contribution in [0.1, 0.15) is 16.1 Å². The molecule has 6 heteroatoms. The Morgan fingerprint density at radius 3 is 2.65 bits per heavy atom. The van der Waals surface area contributed by atoms with Crippen LogP contribution >= 0.6 is 11.6 Å². The summed E-state index contributed by atoms with van der Waals surface area (Å²) in [5.74, 6) is 0.300. The van der Waals surface area contributed by atoms with Crippen molar-refractivity contribution in [3.05, 3.63) is 64.9 Å². The molecule has 0 spiro atoms. The lowest BCUT2D eigenvalue weighted by Gasteiger charge is -2.06. The summed E-state index contributed by atoms with van der Waals surface area (Å²) in [6.07, 6.45) is 1.64. The van der Waals surface area contributed by atoms with E-state index in [0.29, 0.717) is 22.2 Å². The monoisotopic (exact) mass is 326 g/mol. The number of pyridine rings is 1. The SMILES string of the molecule is Cc1cccnc1NC(=O)c1cc(-c2ccc(Cl)cc2)nn1C. The number of carbonyl (C=O) groups excluding carboxylic acids is 1. The molecule has 0 fully saturated rings. The van der Waals surface area contributed by atoms with Crippen LogP contribution in [0, 0.1) is 6.92 Å². The molecule has 3 aromatic rings. The van der Waals surface area contributed by atoms with Crippen molar-refractivity contribution in [2.45, 2.75) is 6.92 Å². The van der Waals surface area contributed by atoms with Crippen LogP contribution in [0.5, 0.6) is 0 Å². The summed E-state index contributed by atoms with van der Waals surface area (Å²) in [6.45, 7) is 1.89. The molecule has 0 saturated carbocycles. The van der Waals surface area contributed by atoms with Crippen LogP contribution in [-0.4, -0.2) is 20.7 Å². The van der Waals surface area contributed by atoms with Gasteiger partial charge in [-0.1, -0.05) is 29.8 Å². The average Bonchev–Trinajstić information content (AvgIpc) is 2.92. The molecular weight excluding hydrogens is 312 g/mol. The number of hydrogen-bond acceptors (Lipinski definition) is 3. The van der Waals surface area contributed by atoms with E-state index in [1.54, 1.807) is 36.1 Å². The van der Waals surface area contributed by atoms with Crippen molar-refractivity contribution in [2.24, 2.45) is 7.05 Å². The minimum Gasteiger partial charge on any atom is -0.305 e. The highest BCUT2D eigenvalue weighted by Crippen LogP contribution is 2.21. The summed E-state index contributed by atoms with van der Waals surface area (Å²) in [5.41, 5.74) is 2.98. The Morgan fingerprint density at radius 1 is 1.22 bits per heavy atom. The quantitative estimate of drug-likeness (QED) is 0.798. The average molecular weight is 327 g/mol. The van der Waals surface area contributed by atoms with Gasteiger partial charge in [-0.25, -0.2) is 4.98 Å². The van der Waals surface area contributed by atoms with Gasteiger partial charge in [0, 0.05) is 23.8 Å². The number of benzene rings is 1. The number of amides is 1. The second kappa shape index (κ2) is 6.22. The van der Waals surface area contributed by atoms with Crippen molar-refractivity contribution in [1.82, 2.24) is 14.8 Å². The van der Waals surface area contributed by atoms with Gasteiger partial charge in [0.05, 0.1) is 5.69 Å². The van der Waals surface area contributed by atoms with Crippen LogP contribution in [0.3, 0.4) is 0 Å². The number of anilines is 1. The highest BCUT2D eigenvalue weighted by molar-refractivity contribution is 6.30. The van der Waals surface area contributed by atoms with Gasteiger partial charge < -0.3 is 5.32 Å². The lowest BCUT2D eigenvalue weighted by atomic mass is 10.1. The molecule has 1 aromatic carbocycles. The van der Waals surface area contributed by atoms with Gasteiger partial charge >= 0.3 is 0 Å². The van der Waals surface area contributed by atoms with Gasteiger partial charge in [0.2, 0.25) is 0 Å². The van der Waals surface area contributed by atoms with E-state index in [0.717, 1.165) is 11.1 Å². The van der Waals surface area contributed by atoms with E-state index in [2.05, 4.69) is 15.4 Å². The van der Waals surface area contributed by atoms with Crippen molar-refractivity contribution >= 4 is 23.3 Å². The maximum Gasteiger partial charge on any atom is 0.275 e. The maximum atomic E-state index is 12.5. The lowest BCUT2D eigenvalue weighted by molar-refractivity contribution is 0.101. The molecule has 0 saturated heterocycles. The third-order valence-electron chi connectivity index (χ3n) is 3.49. The van der Waals surface area contributed by atoms with E-state index < -0.39 is 0 Å². The van der Waals surface area contributed by atoms with E-state index in [1.807, 2.05) is 31.2 Å². The smallest absolute Gasteiger partial charge is 0.275 e. The second-order valence-corrected chi connectivity index (χ2v) is 5.60. The fraction of sp³-hybridized carbons (Fsp3) is 0.118. The zero-order chi connectivity index (χ0) is 16.4. The molecule has 0 aliphatic heterocycles. The molecule has 0 aliphatic rings. The Balaban J connectivity index is 1.87. The Kier molecular flexibility index (Phi) is 4.12. The number of hydrogen-bond donors (Lipinski definition) is 1. The minimum absolute atomic E-state index is 0.248. The Hall–Kier alpha value is -2.66. The first-order valence-corrected chi connectivity index (χ1v) is 7.45. The number of carbonyl (C=O) groups is 1. The molecule has 5 nitrogen and oxygen atoms in total. The molecule has 2 heterocycles. The van der Waals surface area contributed by atoms with E-state index in [1.165, 1.54) is 0 Å². The van der Waals surface area contributed by atoms with Crippen LogP contribution in [0.25, 0.3) is 11.3 Å². The van der Waals surface area contributed by atoms with Gasteiger partial charge in [-0.3, -0.25) is 9.48 Å². The first-order valence-electron chi connectivity index (χ1n) is 7.07. The van der Waals surface area contributed by atoms with Crippen molar-refractivity contribution in [1.29, 1.82) is 0 Å². The molecular formula is C17H15ClN4O. The maximum absolute atomic E-state index is 12.5. The highest BCUT2D eigenvalue weighted by Gasteiger charge is 2.15. The fourth-order valence-electron chi connectivity index (χ4n) is 2.23. The summed E-state index contributed by atoms with van der Waals surface area (Å²) in [4.78, 5) is 16.6. The fourth-order valence-corrected chi connectivity index (χ4v) is 2.36. The first-order chi connectivity index (χ1) is 11.0. The van der Waals surface area contributed by atoms with Crippen molar-refractivity contribution < 1.29 is 4.79 Å². The van der Waals surface area contributed by atoms with Crippen LogP contribution in [0.4, 0.5) is 5.82 Å². The van der Waals surface area contributed by atoms with Crippen molar-refractivity contribution in [2.75, 3.05) is 5.32 Å². The molecule has 0 atom stereocenters. The second-order valence-electron chi connectivity index (χ2n) is 5.17. The molecule has 0 unspecified atom stereocenters. The molecule has 23 heavy (non-hydrogen) atoms. The number of nitrogens with one attached hydrogen (secondary N) is 1. The molecule has 2 aromatic heterocycles. The minimum atomic E-state index is -0.248. The molecule has 0 radical (unpaired) electrons. The van der Waals surface area contributed by atoms with Crippen LogP contribution in [0.15, 0.2) is 48.7 Å². The van der Waals surface area contributed by atoms with Gasteiger partial charge in [-0.15, -0.1) is 0 Å². The topological polar surface area (TPSA) is 59.8 Å². The predicted molar refractivity (Wildman–Crippen MR) is 90.6 cm³/mol. The van der Waals surface area contributed by atoms with Crippen LogP contribution in [0.2, 0.25) is 5.02 Å². The van der Waals surface area contributed by atoms with Gasteiger partial charge in [0.1, 0.15) is 11.5 Å². The number of aryl methyl sites for hydroxylation is 2. The zero-order valence-corrected chi connectivity index (χ0v) is 13.5. The van der Waals surface area contributed by atoms with Crippen LogP contribution < -0.4 is 5.32 Å². The summed E-state index contributed by atoms with van der Waals surface area (Å²) < 4.78 is 1.55. The number of rotatable bonds is 3. The summed E-state index contributed by atoms with van der Waals surface area (Å²) in [6, 6.07) is 12.8. The van der Waals surface area contributed by atoms with E-state index in [-0.39, 0.29) is 5.91 Å². The molecule has 1 N–H and O–H groups in total. The van der Waals surface area contributed by atoms with Crippen LogP contribution in [-0.2, 0) is 7.05 Å². The molecule has 0 aliphatic carbocycles. The van der Waals surface area contributed by atoms with E-state index in [4.69, 9.17) is 11.6 Å². The normalized spacial score (nSPS) is 10.6. The van der Waals surface area contributed by atoms with E-state index >= 15 is 0 Å². The number of halogens is 1. The van der Waals surface area contributed by atoms with Gasteiger partial charge in [0.15, 0.2) is 0 Å². The Morgan fingerprint density at radius 2 is 1.96 bits per heavy atom. The third-order valence-corrected chi connectivity index (χ3v) is 3.75. The summed E-state index contributed by atoms with van der Waals surface area (Å²) in [7, 11) is 1.74. The van der Waals surface area contributed by atoms with Gasteiger partial charge in [-0.2, -0.15) is 5.10 Å². The third kappa shape index (κ3) is 3.24. The largest absolute Gasteiger partial charge is 0.305 e. The van der Waals surface area contributed by atoms with Gasteiger partial charge in [-0.05, 0) is 36.8 Å². The highest BCUT2D eigenvalue weighted by atomic mass is 35.5. The predicted octanol–water partition coefficient (Wildman–Crippen LogP) is 3.70. The standard InChI is InChI=1S/C17H15ClN4O/c1-11-4-3-9-19-16(11)20-17(23)15-10-14(21-22(15)2)12-5-7-13(18)8-6-12/h3-10H,1-2H3,(H,19,20,23). The van der Waals surface area contributed by atoms with Gasteiger partial charge in [0.25, 0.3) is 5.91 Å². The van der Waals surface area contributed by atoms with E-state index in [9.17, 15) is 4.79 Å². The molecule has 0 bridgehead atoms. The molecule has 116 valence electrons. The summed E-state index contributed by atoms with van der Waals surface area (Å²) in [5, 5.41) is 7.86.